The summed E-state index contributed by atoms with van der Waals surface area (Å²) in [6.45, 7) is 7.64. The number of amidine groups is 1. The lowest BCUT2D eigenvalue weighted by Gasteiger charge is -2.36. The van der Waals surface area contributed by atoms with Gasteiger partial charge in [-0.2, -0.15) is 0 Å². The molecule has 2 amide bonds. The first-order valence-corrected chi connectivity index (χ1v) is 14.3. The van der Waals surface area contributed by atoms with Crippen LogP contribution in [0.15, 0.2) is 35.3 Å². The Morgan fingerprint density at radius 1 is 0.972 bits per heavy atom. The van der Waals surface area contributed by atoms with Crippen molar-refractivity contribution in [1.29, 1.82) is 0 Å². The van der Waals surface area contributed by atoms with Gasteiger partial charge in [0.1, 0.15) is 10.8 Å². The van der Waals surface area contributed by atoms with Crippen molar-refractivity contribution < 1.29 is 9.59 Å². The lowest BCUT2D eigenvalue weighted by molar-refractivity contribution is -0.140. The molecule has 0 bridgehead atoms. The Hall–Kier alpha value is -2.71. The number of hydrogen-bond acceptors (Lipinski definition) is 7. The van der Waals surface area contributed by atoms with E-state index in [9.17, 15) is 9.59 Å². The van der Waals surface area contributed by atoms with Crippen LogP contribution in [-0.2, 0) is 9.59 Å². The number of imide groups is 1. The third-order valence-corrected chi connectivity index (χ3v) is 9.15. The van der Waals surface area contributed by atoms with Crippen LogP contribution in [0.5, 0.6) is 0 Å². The molecule has 0 spiro atoms. The van der Waals surface area contributed by atoms with Gasteiger partial charge in [-0.15, -0.1) is 11.3 Å². The quantitative estimate of drug-likeness (QED) is 0.469. The smallest absolute Gasteiger partial charge is 0.233 e. The van der Waals surface area contributed by atoms with Gasteiger partial charge in [0, 0.05) is 37.6 Å². The number of rotatable bonds is 5. The molecule has 1 N–H and O–H groups in total. The number of unbranched alkanes of at least 4 members (excludes halogenated alkanes) is 1. The van der Waals surface area contributed by atoms with E-state index >= 15 is 0 Å². The molecule has 4 aliphatic rings. The molecule has 190 valence electrons. The molecule has 1 aromatic carbocycles. The zero-order valence-electron chi connectivity index (χ0n) is 21.0. The van der Waals surface area contributed by atoms with Gasteiger partial charge in [0.05, 0.1) is 28.8 Å². The first-order valence-electron chi connectivity index (χ1n) is 13.5. The maximum atomic E-state index is 12.7. The second-order valence-electron chi connectivity index (χ2n) is 10.5. The van der Waals surface area contributed by atoms with E-state index in [4.69, 9.17) is 4.99 Å². The normalized spacial score (nSPS) is 24.1. The second kappa shape index (κ2) is 9.98. The van der Waals surface area contributed by atoms with E-state index in [0.29, 0.717) is 6.54 Å². The number of nitrogens with one attached hydrogen (secondary N) is 1. The van der Waals surface area contributed by atoms with Gasteiger partial charge in [0.2, 0.25) is 11.8 Å². The summed E-state index contributed by atoms with van der Waals surface area (Å²) in [5.41, 5.74) is 3.24. The van der Waals surface area contributed by atoms with E-state index in [1.54, 1.807) is 16.2 Å². The minimum Gasteiger partial charge on any atom is -0.353 e. The highest BCUT2D eigenvalue weighted by atomic mass is 32.1. The van der Waals surface area contributed by atoms with Crippen LogP contribution in [0.2, 0.25) is 0 Å². The largest absolute Gasteiger partial charge is 0.353 e. The van der Waals surface area contributed by atoms with Crippen LogP contribution < -0.4 is 5.32 Å². The molecule has 1 saturated carbocycles. The molecule has 0 radical (unpaired) electrons. The number of thiophene rings is 1. The Bertz CT molecular complexity index is 1160. The van der Waals surface area contributed by atoms with Crippen LogP contribution in [-0.4, -0.2) is 71.6 Å². The Morgan fingerprint density at radius 3 is 2.42 bits per heavy atom. The number of nitrogens with zero attached hydrogens (tertiary/aromatic N) is 4. The van der Waals surface area contributed by atoms with E-state index in [-0.39, 0.29) is 23.7 Å². The molecule has 2 aromatic rings. The number of likely N-dealkylation sites (tertiary alicyclic amines) is 1. The zero-order chi connectivity index (χ0) is 24.6. The zero-order valence-corrected chi connectivity index (χ0v) is 21.9. The van der Waals surface area contributed by atoms with E-state index < -0.39 is 0 Å². The Kier molecular flexibility index (Phi) is 6.56. The van der Waals surface area contributed by atoms with Gasteiger partial charge in [-0.25, -0.2) is 4.99 Å². The number of piperazine rings is 1. The molecule has 7 nitrogen and oxygen atoms in total. The number of benzene rings is 1. The van der Waals surface area contributed by atoms with Gasteiger partial charge in [-0.3, -0.25) is 19.4 Å². The number of carbonyl (C=O) groups excluding carboxylic acids is 2. The SMILES string of the molecule is Cc1cc2c(s1)Nc1ccccc1N=C2N1CCN(CCCCN2C(=O)C3CCCCC3C2=O)CC1. The van der Waals surface area contributed by atoms with Crippen molar-refractivity contribution in [3.63, 3.8) is 0 Å². The molecule has 1 aliphatic carbocycles. The van der Waals surface area contributed by atoms with Gasteiger partial charge in [0.25, 0.3) is 0 Å². The fourth-order valence-electron chi connectivity index (χ4n) is 6.23. The summed E-state index contributed by atoms with van der Waals surface area (Å²) in [5, 5.41) is 4.77. The minimum atomic E-state index is -0.0269. The van der Waals surface area contributed by atoms with Gasteiger partial charge < -0.3 is 10.2 Å². The van der Waals surface area contributed by atoms with Crippen LogP contribution in [0.25, 0.3) is 0 Å². The molecule has 3 fully saturated rings. The molecule has 2 atom stereocenters. The summed E-state index contributed by atoms with van der Waals surface area (Å²) in [6, 6.07) is 10.5. The van der Waals surface area contributed by atoms with Gasteiger partial charge in [-0.05, 0) is 57.4 Å². The Balaban J connectivity index is 1.03. The molecule has 1 aromatic heterocycles. The average molecular weight is 506 g/mol. The first kappa shape index (κ1) is 23.7. The molecular weight excluding hydrogens is 470 g/mol. The van der Waals surface area contributed by atoms with Crippen molar-refractivity contribution >= 4 is 45.4 Å². The number of hydrogen-bond donors (Lipinski definition) is 1. The standard InChI is InChI=1S/C28H35N5O2S/c1-19-18-22-25(29-23-10-4-5-11-24(23)30-26(22)36-19)32-16-14-31(15-17-32)12-6-7-13-33-27(34)20-8-2-3-9-21(20)28(33)35/h4-5,10-11,18,20-21,30H,2-3,6-9,12-17H2,1H3. The van der Waals surface area contributed by atoms with E-state index in [1.807, 2.05) is 12.1 Å². The molecule has 8 heteroatoms. The van der Waals surface area contributed by atoms with E-state index in [1.165, 1.54) is 15.4 Å². The molecule has 3 aliphatic heterocycles. The maximum absolute atomic E-state index is 12.7. The number of anilines is 2. The Morgan fingerprint density at radius 2 is 1.67 bits per heavy atom. The molecule has 6 rings (SSSR count). The van der Waals surface area contributed by atoms with E-state index in [0.717, 1.165) is 88.5 Å². The number of aliphatic imine (C=N–C) groups is 1. The molecule has 2 unspecified atom stereocenters. The van der Waals surface area contributed by atoms with Crippen molar-refractivity contribution in [1.82, 2.24) is 14.7 Å². The van der Waals surface area contributed by atoms with Gasteiger partial charge in [-0.1, -0.05) is 25.0 Å². The lowest BCUT2D eigenvalue weighted by atomic mass is 9.81. The summed E-state index contributed by atoms with van der Waals surface area (Å²) in [7, 11) is 0. The van der Waals surface area contributed by atoms with Gasteiger partial charge >= 0.3 is 0 Å². The van der Waals surface area contributed by atoms with Crippen molar-refractivity contribution in [2.75, 3.05) is 44.6 Å². The van der Waals surface area contributed by atoms with Crippen molar-refractivity contribution in [3.8, 4) is 0 Å². The molecular formula is C28H35N5O2S. The highest BCUT2D eigenvalue weighted by molar-refractivity contribution is 7.16. The van der Waals surface area contributed by atoms with Crippen molar-refractivity contribution in [3.05, 3.63) is 40.8 Å². The highest BCUT2D eigenvalue weighted by Crippen LogP contribution is 2.40. The predicted octanol–water partition coefficient (Wildman–Crippen LogP) is 4.76. The number of fused-ring (bicyclic) bond motifs is 3. The number of amides is 2. The maximum Gasteiger partial charge on any atom is 0.233 e. The molecule has 36 heavy (non-hydrogen) atoms. The summed E-state index contributed by atoms with van der Waals surface area (Å²) in [6.07, 6.45) is 5.87. The number of carbonyl (C=O) groups is 2. The van der Waals surface area contributed by atoms with E-state index in [2.05, 4.69) is 40.2 Å². The summed E-state index contributed by atoms with van der Waals surface area (Å²) in [5.74, 6) is 1.21. The first-order chi connectivity index (χ1) is 17.6. The number of aryl methyl sites for hydroxylation is 1. The number of para-hydroxylation sites is 2. The van der Waals surface area contributed by atoms with Crippen molar-refractivity contribution in [2.24, 2.45) is 16.8 Å². The third-order valence-electron chi connectivity index (χ3n) is 8.19. The van der Waals surface area contributed by atoms with Crippen LogP contribution in [0.4, 0.5) is 16.4 Å². The van der Waals surface area contributed by atoms with Crippen LogP contribution >= 0.6 is 11.3 Å². The fourth-order valence-corrected chi connectivity index (χ4v) is 7.15. The van der Waals surface area contributed by atoms with Crippen molar-refractivity contribution in [2.45, 2.75) is 45.4 Å². The van der Waals surface area contributed by atoms with Gasteiger partial charge in [0.15, 0.2) is 0 Å². The Labute approximate surface area is 217 Å². The van der Waals surface area contributed by atoms with Crippen LogP contribution in [0.1, 0.15) is 49.0 Å². The minimum absolute atomic E-state index is 0.0269. The van der Waals surface area contributed by atoms with Crippen LogP contribution in [0, 0.1) is 18.8 Å². The molecule has 4 heterocycles. The lowest BCUT2D eigenvalue weighted by Crippen LogP contribution is -2.49. The summed E-state index contributed by atoms with van der Waals surface area (Å²) >= 11 is 1.79. The fraction of sp³-hybridized carbons (Fsp3) is 0.536. The highest BCUT2D eigenvalue weighted by Gasteiger charge is 2.47. The summed E-state index contributed by atoms with van der Waals surface area (Å²) in [4.78, 5) is 38.3. The second-order valence-corrected chi connectivity index (χ2v) is 11.8. The monoisotopic (exact) mass is 505 g/mol. The predicted molar refractivity (Wildman–Crippen MR) is 144 cm³/mol. The van der Waals surface area contributed by atoms with Crippen LogP contribution in [0.3, 0.4) is 0 Å². The average Bonchev–Trinajstić information content (AvgIpc) is 3.32. The topological polar surface area (TPSA) is 68.2 Å². The summed E-state index contributed by atoms with van der Waals surface area (Å²) < 4.78 is 0. The molecule has 2 saturated heterocycles. The third kappa shape index (κ3) is 4.45.